The first-order valence-electron chi connectivity index (χ1n) is 7.64. The van der Waals surface area contributed by atoms with Crippen molar-refractivity contribution in [2.75, 3.05) is 24.5 Å². The predicted molar refractivity (Wildman–Crippen MR) is 81.9 cm³/mol. The topological polar surface area (TPSA) is 79.3 Å². The van der Waals surface area contributed by atoms with Gasteiger partial charge >= 0.3 is 6.03 Å². The minimum Gasteiger partial charge on any atom is -0.352 e. The van der Waals surface area contributed by atoms with Gasteiger partial charge in [0.1, 0.15) is 0 Å². The highest BCUT2D eigenvalue weighted by Gasteiger charge is 2.23. The van der Waals surface area contributed by atoms with Crippen molar-refractivity contribution in [1.82, 2.24) is 20.2 Å². The molecule has 1 aliphatic heterocycles. The van der Waals surface area contributed by atoms with E-state index in [2.05, 4.69) is 15.6 Å². The number of hydrogen-bond donors (Lipinski definition) is 2. The molecule has 7 nitrogen and oxygen atoms in total. The van der Waals surface area contributed by atoms with Crippen molar-refractivity contribution in [3.63, 3.8) is 0 Å². The second-order valence-electron chi connectivity index (χ2n) is 5.35. The summed E-state index contributed by atoms with van der Waals surface area (Å²) in [5.74, 6) is 0.412. The van der Waals surface area contributed by atoms with Crippen LogP contribution in [0.5, 0.6) is 0 Å². The van der Waals surface area contributed by atoms with Crippen molar-refractivity contribution < 1.29 is 13.6 Å². The molecule has 2 amide bonds. The van der Waals surface area contributed by atoms with Crippen LogP contribution in [0.15, 0.2) is 17.2 Å². The van der Waals surface area contributed by atoms with Crippen molar-refractivity contribution >= 4 is 11.8 Å². The number of carbonyl (C=O) groups excluding carboxylic acids is 1. The van der Waals surface area contributed by atoms with E-state index in [-0.39, 0.29) is 11.6 Å². The standard InChI is InChI=1S/C14H21F2N5O2/c1-2-20-8-5-17-12(13(20)22)21-6-3-10(4-7-21)19-14(23)18-9-11(15)16/h5,8,10-11H,2-4,6-7,9H2,1H3,(H2,18,19,23). The largest absolute Gasteiger partial charge is 0.352 e. The normalized spacial score (nSPS) is 15.7. The van der Waals surface area contributed by atoms with Gasteiger partial charge in [0.2, 0.25) is 0 Å². The van der Waals surface area contributed by atoms with Crippen molar-refractivity contribution in [3.05, 3.63) is 22.7 Å². The summed E-state index contributed by atoms with van der Waals surface area (Å²) in [6, 6.07) is -0.684. The van der Waals surface area contributed by atoms with Crippen LogP contribution in [-0.4, -0.2) is 47.7 Å². The highest BCUT2D eigenvalue weighted by molar-refractivity contribution is 5.74. The summed E-state index contributed by atoms with van der Waals surface area (Å²) in [7, 11) is 0. The molecule has 1 aromatic heterocycles. The molecular formula is C14H21F2N5O2. The van der Waals surface area contributed by atoms with Crippen molar-refractivity contribution in [2.45, 2.75) is 38.8 Å². The van der Waals surface area contributed by atoms with E-state index in [1.807, 2.05) is 11.8 Å². The van der Waals surface area contributed by atoms with E-state index in [0.717, 1.165) is 0 Å². The number of anilines is 1. The molecule has 2 N–H and O–H groups in total. The number of nitrogens with zero attached hydrogens (tertiary/aromatic N) is 3. The van der Waals surface area contributed by atoms with Gasteiger partial charge in [0.05, 0.1) is 6.54 Å². The fraction of sp³-hybridized carbons (Fsp3) is 0.643. The number of alkyl halides is 2. The number of aryl methyl sites for hydroxylation is 1. The van der Waals surface area contributed by atoms with Crippen molar-refractivity contribution in [1.29, 1.82) is 0 Å². The molecule has 1 aromatic rings. The van der Waals surface area contributed by atoms with E-state index in [1.54, 1.807) is 17.0 Å². The molecule has 1 saturated heterocycles. The Labute approximate surface area is 132 Å². The van der Waals surface area contributed by atoms with E-state index in [9.17, 15) is 18.4 Å². The minimum atomic E-state index is -2.56. The Kier molecular flexibility index (Phi) is 5.89. The number of carbonyl (C=O) groups is 1. The second-order valence-corrected chi connectivity index (χ2v) is 5.35. The highest BCUT2D eigenvalue weighted by atomic mass is 19.3. The van der Waals surface area contributed by atoms with E-state index < -0.39 is 19.0 Å². The lowest BCUT2D eigenvalue weighted by atomic mass is 10.1. The molecule has 9 heteroatoms. The number of rotatable bonds is 5. The predicted octanol–water partition coefficient (Wildman–Crippen LogP) is 0.796. The Bertz CT molecular complexity index is 585. The molecule has 0 atom stereocenters. The summed E-state index contributed by atoms with van der Waals surface area (Å²) in [4.78, 5) is 29.7. The van der Waals surface area contributed by atoms with Gasteiger partial charge in [0.15, 0.2) is 5.82 Å². The van der Waals surface area contributed by atoms with Crippen LogP contribution in [0.3, 0.4) is 0 Å². The number of halogens is 2. The number of hydrogen-bond acceptors (Lipinski definition) is 4. The molecule has 2 heterocycles. The quantitative estimate of drug-likeness (QED) is 0.837. The molecular weight excluding hydrogens is 308 g/mol. The maximum atomic E-state index is 12.2. The molecule has 2 rings (SSSR count). The zero-order chi connectivity index (χ0) is 16.8. The average Bonchev–Trinajstić information content (AvgIpc) is 2.54. The lowest BCUT2D eigenvalue weighted by molar-refractivity contribution is 0.146. The Balaban J connectivity index is 1.87. The van der Waals surface area contributed by atoms with Crippen LogP contribution in [0.1, 0.15) is 19.8 Å². The zero-order valence-corrected chi connectivity index (χ0v) is 13.0. The van der Waals surface area contributed by atoms with E-state index >= 15 is 0 Å². The van der Waals surface area contributed by atoms with Crippen LogP contribution in [0.2, 0.25) is 0 Å². The molecule has 0 radical (unpaired) electrons. The van der Waals surface area contributed by atoms with Crippen LogP contribution < -0.4 is 21.1 Å². The number of aromatic nitrogens is 2. The van der Waals surface area contributed by atoms with Gasteiger partial charge in [-0.3, -0.25) is 4.79 Å². The molecule has 128 valence electrons. The zero-order valence-electron chi connectivity index (χ0n) is 13.0. The second kappa shape index (κ2) is 7.89. The van der Waals surface area contributed by atoms with Gasteiger partial charge in [-0.15, -0.1) is 0 Å². The Morgan fingerprint density at radius 1 is 1.43 bits per heavy atom. The monoisotopic (exact) mass is 329 g/mol. The van der Waals surface area contributed by atoms with Gasteiger partial charge in [-0.25, -0.2) is 18.6 Å². The average molecular weight is 329 g/mol. The fourth-order valence-corrected chi connectivity index (χ4v) is 2.54. The highest BCUT2D eigenvalue weighted by Crippen LogP contribution is 2.14. The van der Waals surface area contributed by atoms with E-state index in [0.29, 0.717) is 38.3 Å². The maximum absolute atomic E-state index is 12.2. The van der Waals surface area contributed by atoms with Gasteiger partial charge in [-0.1, -0.05) is 0 Å². The molecule has 23 heavy (non-hydrogen) atoms. The number of piperidine rings is 1. The van der Waals surface area contributed by atoms with Gasteiger partial charge in [-0.05, 0) is 19.8 Å². The number of amides is 2. The fourth-order valence-electron chi connectivity index (χ4n) is 2.54. The van der Waals surface area contributed by atoms with Gasteiger partial charge in [0.25, 0.3) is 12.0 Å². The first kappa shape index (κ1) is 17.2. The SMILES string of the molecule is CCn1ccnc(N2CCC(NC(=O)NCC(F)F)CC2)c1=O. The molecule has 1 aliphatic rings. The van der Waals surface area contributed by atoms with Crippen LogP contribution >= 0.6 is 0 Å². The molecule has 0 saturated carbocycles. The minimum absolute atomic E-state index is 0.0963. The van der Waals surface area contributed by atoms with E-state index in [1.165, 1.54) is 0 Å². The number of urea groups is 1. The summed E-state index contributed by atoms with van der Waals surface area (Å²) in [6.07, 6.45) is 1.94. The lowest BCUT2D eigenvalue weighted by Gasteiger charge is -2.32. The third-order valence-electron chi connectivity index (χ3n) is 3.78. The molecule has 0 unspecified atom stereocenters. The van der Waals surface area contributed by atoms with Crippen molar-refractivity contribution in [3.8, 4) is 0 Å². The van der Waals surface area contributed by atoms with Crippen LogP contribution in [0, 0.1) is 0 Å². The Morgan fingerprint density at radius 3 is 2.74 bits per heavy atom. The van der Waals surface area contributed by atoms with Gasteiger partial charge < -0.3 is 20.1 Å². The summed E-state index contributed by atoms with van der Waals surface area (Å²) < 4.78 is 25.6. The third kappa shape index (κ3) is 4.64. The smallest absolute Gasteiger partial charge is 0.315 e. The summed E-state index contributed by atoms with van der Waals surface area (Å²) >= 11 is 0. The Hall–Kier alpha value is -2.19. The van der Waals surface area contributed by atoms with Gasteiger partial charge in [0, 0.05) is 38.1 Å². The number of nitrogens with one attached hydrogen (secondary N) is 2. The molecule has 0 bridgehead atoms. The first-order chi connectivity index (χ1) is 11.0. The molecule has 0 aliphatic carbocycles. The van der Waals surface area contributed by atoms with Gasteiger partial charge in [-0.2, -0.15) is 0 Å². The Morgan fingerprint density at radius 2 is 2.13 bits per heavy atom. The molecule has 1 fully saturated rings. The third-order valence-corrected chi connectivity index (χ3v) is 3.78. The molecule has 0 aromatic carbocycles. The lowest BCUT2D eigenvalue weighted by Crippen LogP contribution is -2.49. The maximum Gasteiger partial charge on any atom is 0.315 e. The first-order valence-corrected chi connectivity index (χ1v) is 7.64. The van der Waals surface area contributed by atoms with Crippen LogP contribution in [0.25, 0.3) is 0 Å². The van der Waals surface area contributed by atoms with E-state index in [4.69, 9.17) is 0 Å². The summed E-state index contributed by atoms with van der Waals surface area (Å²) in [5.41, 5.74) is -0.129. The summed E-state index contributed by atoms with van der Waals surface area (Å²) in [6.45, 7) is 2.97. The summed E-state index contributed by atoms with van der Waals surface area (Å²) in [5, 5.41) is 4.79. The van der Waals surface area contributed by atoms with Crippen LogP contribution in [0.4, 0.5) is 19.4 Å². The van der Waals surface area contributed by atoms with Crippen LogP contribution in [-0.2, 0) is 6.54 Å². The van der Waals surface area contributed by atoms with Crippen molar-refractivity contribution in [2.24, 2.45) is 0 Å². The molecule has 0 spiro atoms.